The first-order chi connectivity index (χ1) is 8.44. The molecule has 0 bridgehead atoms. The van der Waals surface area contributed by atoms with Crippen molar-refractivity contribution < 1.29 is 9.53 Å². The average molecular weight is 315 g/mol. The first kappa shape index (κ1) is 13.6. The first-order valence-electron chi connectivity index (χ1n) is 6.21. The van der Waals surface area contributed by atoms with E-state index in [1.54, 1.807) is 6.20 Å². The third-order valence-corrected chi connectivity index (χ3v) is 4.33. The number of ether oxygens (including phenoxy) is 1. The molecule has 2 unspecified atom stereocenters. The molecule has 1 aliphatic carbocycles. The molecule has 2 atom stereocenters. The average Bonchev–Trinajstić information content (AvgIpc) is 2.73. The predicted molar refractivity (Wildman–Crippen MR) is 72.1 cm³/mol. The fraction of sp³-hybridized carbons (Fsp3) is 0.692. The first-order valence-corrected chi connectivity index (χ1v) is 7.01. The molecule has 2 rings (SSSR count). The molecule has 18 heavy (non-hydrogen) atoms. The van der Waals surface area contributed by atoms with Crippen LogP contribution < -0.4 is 0 Å². The molecule has 0 aromatic carbocycles. The Bertz CT molecular complexity index is 442. The molecule has 0 amide bonds. The minimum atomic E-state index is -0.0832. The van der Waals surface area contributed by atoms with Crippen LogP contribution in [0, 0.1) is 11.3 Å². The van der Waals surface area contributed by atoms with Crippen molar-refractivity contribution in [1.82, 2.24) is 9.78 Å². The Labute approximate surface area is 116 Å². The molecule has 5 heteroatoms. The minimum Gasteiger partial charge on any atom is -0.469 e. The molecule has 1 aromatic heterocycles. The van der Waals surface area contributed by atoms with Crippen LogP contribution in [0.2, 0.25) is 0 Å². The Morgan fingerprint density at radius 3 is 2.78 bits per heavy atom. The van der Waals surface area contributed by atoms with E-state index < -0.39 is 0 Å². The van der Waals surface area contributed by atoms with Gasteiger partial charge in [-0.1, -0.05) is 13.8 Å². The number of hydrogen-bond acceptors (Lipinski definition) is 3. The lowest BCUT2D eigenvalue weighted by Crippen LogP contribution is -2.38. The van der Waals surface area contributed by atoms with Crippen LogP contribution in [0.25, 0.3) is 0 Å². The lowest BCUT2D eigenvalue weighted by Gasteiger charge is -2.40. The molecule has 1 aromatic rings. The molecule has 100 valence electrons. The van der Waals surface area contributed by atoms with E-state index in [4.69, 9.17) is 4.74 Å². The highest BCUT2D eigenvalue weighted by atomic mass is 79.9. The second-order valence-corrected chi connectivity index (χ2v) is 6.55. The van der Waals surface area contributed by atoms with Gasteiger partial charge in [0.2, 0.25) is 0 Å². The molecule has 0 radical (unpaired) electrons. The molecule has 0 N–H and O–H groups in total. The summed E-state index contributed by atoms with van der Waals surface area (Å²) in [4.78, 5) is 11.8. The van der Waals surface area contributed by atoms with Crippen LogP contribution in [0.4, 0.5) is 0 Å². The summed E-state index contributed by atoms with van der Waals surface area (Å²) in [5.74, 6) is -0.0853. The van der Waals surface area contributed by atoms with Crippen LogP contribution in [-0.2, 0) is 9.53 Å². The van der Waals surface area contributed by atoms with Crippen LogP contribution in [0.15, 0.2) is 16.9 Å². The maximum absolute atomic E-state index is 11.8. The molecule has 0 spiro atoms. The SMILES string of the molecule is COC(=O)C1CCC(n2cc(Br)cn2)CC1(C)C. The lowest BCUT2D eigenvalue weighted by molar-refractivity contribution is -0.152. The number of methoxy groups -OCH3 is 1. The minimum absolute atomic E-state index is 0.00208. The largest absolute Gasteiger partial charge is 0.469 e. The molecule has 1 saturated carbocycles. The van der Waals surface area contributed by atoms with Crippen LogP contribution >= 0.6 is 15.9 Å². The van der Waals surface area contributed by atoms with Gasteiger partial charge in [-0.3, -0.25) is 9.48 Å². The number of carbonyl (C=O) groups is 1. The van der Waals surface area contributed by atoms with E-state index in [0.717, 1.165) is 23.7 Å². The van der Waals surface area contributed by atoms with Gasteiger partial charge in [0, 0.05) is 6.20 Å². The van der Waals surface area contributed by atoms with E-state index in [1.807, 2.05) is 10.9 Å². The fourth-order valence-corrected chi connectivity index (χ4v) is 3.22. The zero-order valence-electron chi connectivity index (χ0n) is 11.0. The van der Waals surface area contributed by atoms with Gasteiger partial charge in [0.15, 0.2) is 0 Å². The second-order valence-electron chi connectivity index (χ2n) is 5.64. The van der Waals surface area contributed by atoms with Crippen molar-refractivity contribution in [3.05, 3.63) is 16.9 Å². The van der Waals surface area contributed by atoms with E-state index in [9.17, 15) is 4.79 Å². The highest BCUT2D eigenvalue weighted by molar-refractivity contribution is 9.10. The van der Waals surface area contributed by atoms with Crippen LogP contribution in [0.1, 0.15) is 39.2 Å². The van der Waals surface area contributed by atoms with E-state index in [2.05, 4.69) is 34.9 Å². The Morgan fingerprint density at radius 1 is 1.56 bits per heavy atom. The Morgan fingerprint density at radius 2 is 2.28 bits per heavy atom. The summed E-state index contributed by atoms with van der Waals surface area (Å²) >= 11 is 3.42. The summed E-state index contributed by atoms with van der Waals surface area (Å²) in [6.07, 6.45) is 6.58. The molecule has 0 aliphatic heterocycles. The van der Waals surface area contributed by atoms with Gasteiger partial charge < -0.3 is 4.74 Å². The molecular formula is C13H19BrN2O2. The van der Waals surface area contributed by atoms with Crippen molar-refractivity contribution in [3.63, 3.8) is 0 Å². The van der Waals surface area contributed by atoms with Gasteiger partial charge in [-0.05, 0) is 40.6 Å². The quantitative estimate of drug-likeness (QED) is 0.787. The Balaban J connectivity index is 2.12. The standard InChI is InChI=1S/C13H19BrN2O2/c1-13(2)6-10(16-8-9(14)7-15-16)4-5-11(13)12(17)18-3/h7-8,10-11H,4-6H2,1-3H3. The van der Waals surface area contributed by atoms with Gasteiger partial charge in [0.05, 0.1) is 29.7 Å². The maximum atomic E-state index is 11.8. The van der Waals surface area contributed by atoms with E-state index in [1.165, 1.54) is 7.11 Å². The summed E-state index contributed by atoms with van der Waals surface area (Å²) in [5, 5.41) is 4.35. The van der Waals surface area contributed by atoms with Crippen LogP contribution in [0.5, 0.6) is 0 Å². The van der Waals surface area contributed by atoms with Crippen molar-refractivity contribution in [2.24, 2.45) is 11.3 Å². The number of halogens is 1. The Kier molecular flexibility index (Phi) is 3.80. The lowest BCUT2D eigenvalue weighted by atomic mass is 9.67. The third kappa shape index (κ3) is 2.60. The number of esters is 1. The van der Waals surface area contributed by atoms with Crippen LogP contribution in [-0.4, -0.2) is 22.9 Å². The summed E-state index contributed by atoms with van der Waals surface area (Å²) in [6.45, 7) is 4.28. The summed E-state index contributed by atoms with van der Waals surface area (Å²) < 4.78 is 7.90. The van der Waals surface area contributed by atoms with Gasteiger partial charge in [-0.25, -0.2) is 0 Å². The van der Waals surface area contributed by atoms with Gasteiger partial charge in [0.25, 0.3) is 0 Å². The monoisotopic (exact) mass is 314 g/mol. The van der Waals surface area contributed by atoms with Crippen molar-refractivity contribution >= 4 is 21.9 Å². The smallest absolute Gasteiger partial charge is 0.309 e. The molecule has 4 nitrogen and oxygen atoms in total. The summed E-state index contributed by atoms with van der Waals surface area (Å²) in [7, 11) is 1.47. The number of nitrogens with zero attached hydrogens (tertiary/aromatic N) is 2. The number of hydrogen-bond donors (Lipinski definition) is 0. The maximum Gasteiger partial charge on any atom is 0.309 e. The van der Waals surface area contributed by atoms with Crippen molar-refractivity contribution in [3.8, 4) is 0 Å². The van der Waals surface area contributed by atoms with Gasteiger partial charge in [0.1, 0.15) is 0 Å². The molecule has 1 heterocycles. The normalized spacial score (nSPS) is 26.9. The summed E-state index contributed by atoms with van der Waals surface area (Å²) in [5.41, 5.74) is -0.0472. The highest BCUT2D eigenvalue weighted by Crippen LogP contribution is 2.45. The Hall–Kier alpha value is -0.840. The zero-order valence-corrected chi connectivity index (χ0v) is 12.6. The topological polar surface area (TPSA) is 44.1 Å². The second kappa shape index (κ2) is 5.03. The fourth-order valence-electron chi connectivity index (χ4n) is 2.92. The highest BCUT2D eigenvalue weighted by Gasteiger charge is 2.42. The van der Waals surface area contributed by atoms with Crippen molar-refractivity contribution in [1.29, 1.82) is 0 Å². The predicted octanol–water partition coefficient (Wildman–Crippen LogP) is 3.19. The van der Waals surface area contributed by atoms with Gasteiger partial charge in [-0.15, -0.1) is 0 Å². The molecule has 1 aliphatic rings. The van der Waals surface area contributed by atoms with E-state index >= 15 is 0 Å². The van der Waals surface area contributed by atoms with E-state index in [-0.39, 0.29) is 17.3 Å². The van der Waals surface area contributed by atoms with E-state index in [0.29, 0.717) is 6.04 Å². The molecular weight excluding hydrogens is 296 g/mol. The number of carbonyl (C=O) groups excluding carboxylic acids is 1. The van der Waals surface area contributed by atoms with Crippen LogP contribution in [0.3, 0.4) is 0 Å². The third-order valence-electron chi connectivity index (χ3n) is 3.92. The van der Waals surface area contributed by atoms with Crippen molar-refractivity contribution in [2.45, 2.75) is 39.2 Å². The van der Waals surface area contributed by atoms with Crippen molar-refractivity contribution in [2.75, 3.05) is 7.11 Å². The molecule has 1 fully saturated rings. The zero-order chi connectivity index (χ0) is 13.3. The number of rotatable bonds is 2. The van der Waals surface area contributed by atoms with Gasteiger partial charge in [-0.2, -0.15) is 5.10 Å². The molecule has 0 saturated heterocycles. The van der Waals surface area contributed by atoms with Gasteiger partial charge >= 0.3 is 5.97 Å². The number of aromatic nitrogens is 2. The summed E-state index contributed by atoms with van der Waals surface area (Å²) in [6, 6.07) is 0.368.